The van der Waals surface area contributed by atoms with Gasteiger partial charge in [0.2, 0.25) is 5.82 Å². The molecule has 1 fully saturated rings. The minimum Gasteiger partial charge on any atom is -0.351 e. The molecule has 1 saturated heterocycles. The van der Waals surface area contributed by atoms with Crippen LogP contribution in [0.25, 0.3) is 0 Å². The van der Waals surface area contributed by atoms with Crippen molar-refractivity contribution in [3.8, 4) is 0 Å². The van der Waals surface area contributed by atoms with Crippen LogP contribution in [0.2, 0.25) is 0 Å². The molecule has 1 aliphatic rings. The molecule has 6 nitrogen and oxygen atoms in total. The van der Waals surface area contributed by atoms with Crippen molar-refractivity contribution in [3.05, 3.63) is 26.9 Å². The van der Waals surface area contributed by atoms with Crippen molar-refractivity contribution in [1.29, 1.82) is 0 Å². The fraction of sp³-hybridized carbons (Fsp3) is 0.643. The number of nitro groups is 1. The zero-order valence-electron chi connectivity index (χ0n) is 12.2. The fourth-order valence-corrected chi connectivity index (χ4v) is 3.06. The van der Waals surface area contributed by atoms with Crippen molar-refractivity contribution >= 4 is 27.4 Å². The van der Waals surface area contributed by atoms with Gasteiger partial charge in [-0.25, -0.2) is 4.98 Å². The molecule has 0 amide bonds. The summed E-state index contributed by atoms with van der Waals surface area (Å²) in [7, 11) is 0. The molecule has 0 bridgehead atoms. The van der Waals surface area contributed by atoms with Crippen LogP contribution in [0, 0.1) is 16.0 Å². The SMILES string of the molecule is CCCN(CC1CCCNC1)c1ncc(Br)cc1[N+](=O)[O-]. The maximum atomic E-state index is 11.3. The first-order valence-corrected chi connectivity index (χ1v) is 8.16. The van der Waals surface area contributed by atoms with Crippen LogP contribution >= 0.6 is 15.9 Å². The summed E-state index contributed by atoms with van der Waals surface area (Å²) >= 11 is 3.26. The molecule has 0 saturated carbocycles. The lowest BCUT2D eigenvalue weighted by Gasteiger charge is -2.30. The van der Waals surface area contributed by atoms with Gasteiger partial charge in [0.15, 0.2) is 0 Å². The van der Waals surface area contributed by atoms with E-state index >= 15 is 0 Å². The predicted molar refractivity (Wildman–Crippen MR) is 86.7 cm³/mol. The minimum atomic E-state index is -0.352. The summed E-state index contributed by atoms with van der Waals surface area (Å²) in [5.41, 5.74) is 0.0709. The number of hydrogen-bond donors (Lipinski definition) is 1. The molecule has 2 rings (SSSR count). The molecule has 1 unspecified atom stereocenters. The van der Waals surface area contributed by atoms with Crippen molar-refractivity contribution in [3.63, 3.8) is 0 Å². The minimum absolute atomic E-state index is 0.0709. The molecule has 21 heavy (non-hydrogen) atoms. The lowest BCUT2D eigenvalue weighted by molar-refractivity contribution is -0.384. The zero-order chi connectivity index (χ0) is 15.2. The standard InChI is InChI=1S/C14H21BrN4O2/c1-2-6-18(10-11-4-3-5-16-8-11)14-13(19(20)21)7-12(15)9-17-14/h7,9,11,16H,2-6,8,10H2,1H3. The third-order valence-corrected chi connectivity index (χ3v) is 4.11. The molecule has 0 radical (unpaired) electrons. The normalized spacial score (nSPS) is 18.5. The topological polar surface area (TPSA) is 71.3 Å². The van der Waals surface area contributed by atoms with E-state index in [1.807, 2.05) is 0 Å². The molecule has 1 aromatic heterocycles. The Morgan fingerprint density at radius 2 is 2.43 bits per heavy atom. The Kier molecular flexibility index (Phi) is 5.93. The summed E-state index contributed by atoms with van der Waals surface area (Å²) in [6.45, 7) is 5.73. The van der Waals surface area contributed by atoms with Crippen molar-refractivity contribution < 1.29 is 4.92 Å². The highest BCUT2D eigenvalue weighted by molar-refractivity contribution is 9.10. The smallest absolute Gasteiger partial charge is 0.312 e. The van der Waals surface area contributed by atoms with Gasteiger partial charge in [-0.3, -0.25) is 10.1 Å². The zero-order valence-corrected chi connectivity index (χ0v) is 13.8. The Hall–Kier alpha value is -1.21. The Balaban J connectivity index is 2.22. The van der Waals surface area contributed by atoms with Gasteiger partial charge in [-0.05, 0) is 54.2 Å². The molecule has 7 heteroatoms. The second kappa shape index (κ2) is 7.70. The lowest BCUT2D eigenvalue weighted by Crippen LogP contribution is -2.39. The van der Waals surface area contributed by atoms with E-state index in [1.54, 1.807) is 6.20 Å². The van der Waals surface area contributed by atoms with Crippen LogP contribution in [0.1, 0.15) is 26.2 Å². The molecular formula is C14H21BrN4O2. The predicted octanol–water partition coefficient (Wildman–Crippen LogP) is 2.97. The fourth-order valence-electron chi connectivity index (χ4n) is 2.74. The summed E-state index contributed by atoms with van der Waals surface area (Å²) < 4.78 is 0.633. The van der Waals surface area contributed by atoms with Gasteiger partial charge in [0.1, 0.15) is 0 Å². The second-order valence-electron chi connectivity index (χ2n) is 5.41. The van der Waals surface area contributed by atoms with Crippen LogP contribution < -0.4 is 10.2 Å². The van der Waals surface area contributed by atoms with E-state index in [4.69, 9.17) is 0 Å². The molecular weight excluding hydrogens is 336 g/mol. The first-order chi connectivity index (χ1) is 10.1. The van der Waals surface area contributed by atoms with Gasteiger partial charge in [-0.15, -0.1) is 0 Å². The third kappa shape index (κ3) is 4.38. The van der Waals surface area contributed by atoms with Gasteiger partial charge < -0.3 is 10.2 Å². The number of hydrogen-bond acceptors (Lipinski definition) is 5. The van der Waals surface area contributed by atoms with Gasteiger partial charge in [-0.1, -0.05) is 6.92 Å². The van der Waals surface area contributed by atoms with E-state index in [2.05, 4.69) is 38.1 Å². The van der Waals surface area contributed by atoms with Gasteiger partial charge in [0.25, 0.3) is 0 Å². The number of aromatic nitrogens is 1. The second-order valence-corrected chi connectivity index (χ2v) is 6.33. The average Bonchev–Trinajstić information content (AvgIpc) is 2.48. The highest BCUT2D eigenvalue weighted by Gasteiger charge is 2.24. The van der Waals surface area contributed by atoms with Crippen molar-refractivity contribution in [2.24, 2.45) is 5.92 Å². The van der Waals surface area contributed by atoms with Gasteiger partial charge in [-0.2, -0.15) is 0 Å². The van der Waals surface area contributed by atoms with Crippen molar-refractivity contribution in [2.45, 2.75) is 26.2 Å². The first-order valence-electron chi connectivity index (χ1n) is 7.37. The van der Waals surface area contributed by atoms with E-state index in [-0.39, 0.29) is 10.6 Å². The third-order valence-electron chi connectivity index (χ3n) is 3.68. The monoisotopic (exact) mass is 356 g/mol. The molecule has 116 valence electrons. The Bertz CT molecular complexity index is 492. The highest BCUT2D eigenvalue weighted by atomic mass is 79.9. The molecule has 1 aliphatic heterocycles. The molecule has 0 aliphatic carbocycles. The van der Waals surface area contributed by atoms with E-state index < -0.39 is 0 Å². The largest absolute Gasteiger partial charge is 0.351 e. The molecule has 1 N–H and O–H groups in total. The van der Waals surface area contributed by atoms with Gasteiger partial charge in [0, 0.05) is 29.8 Å². The number of rotatable bonds is 6. The van der Waals surface area contributed by atoms with E-state index in [9.17, 15) is 10.1 Å². The summed E-state index contributed by atoms with van der Waals surface area (Å²) in [4.78, 5) is 17.3. The highest BCUT2D eigenvalue weighted by Crippen LogP contribution is 2.29. The lowest BCUT2D eigenvalue weighted by atomic mass is 9.99. The van der Waals surface area contributed by atoms with Crippen LogP contribution in [0.3, 0.4) is 0 Å². The molecule has 1 aromatic rings. The first kappa shape index (κ1) is 16.2. The number of piperidine rings is 1. The van der Waals surface area contributed by atoms with E-state index in [0.29, 0.717) is 16.2 Å². The Morgan fingerprint density at radius 1 is 1.62 bits per heavy atom. The summed E-state index contributed by atoms with van der Waals surface area (Å²) in [5, 5.41) is 14.7. The average molecular weight is 357 g/mol. The van der Waals surface area contributed by atoms with Crippen LogP contribution in [0.4, 0.5) is 11.5 Å². The summed E-state index contributed by atoms with van der Waals surface area (Å²) in [6.07, 6.45) is 4.90. The number of halogens is 1. The number of pyridine rings is 1. The van der Waals surface area contributed by atoms with Crippen molar-refractivity contribution in [1.82, 2.24) is 10.3 Å². The van der Waals surface area contributed by atoms with E-state index in [0.717, 1.165) is 39.0 Å². The molecule has 0 spiro atoms. The van der Waals surface area contributed by atoms with Crippen LogP contribution in [-0.2, 0) is 0 Å². The van der Waals surface area contributed by atoms with Gasteiger partial charge in [0.05, 0.1) is 4.92 Å². The maximum Gasteiger partial charge on any atom is 0.312 e. The van der Waals surface area contributed by atoms with E-state index in [1.165, 1.54) is 12.5 Å². The summed E-state index contributed by atoms with van der Waals surface area (Å²) in [6, 6.07) is 1.53. The molecule has 0 aromatic carbocycles. The number of anilines is 1. The number of nitrogens with one attached hydrogen (secondary N) is 1. The Morgan fingerprint density at radius 3 is 3.05 bits per heavy atom. The quantitative estimate of drug-likeness (QED) is 0.626. The molecule has 2 heterocycles. The molecule has 1 atom stereocenters. The Labute approximate surface area is 133 Å². The van der Waals surface area contributed by atoms with Crippen LogP contribution in [0.5, 0.6) is 0 Å². The number of nitrogens with zero attached hydrogens (tertiary/aromatic N) is 3. The van der Waals surface area contributed by atoms with Crippen molar-refractivity contribution in [2.75, 3.05) is 31.1 Å². The summed E-state index contributed by atoms with van der Waals surface area (Å²) in [5.74, 6) is 1.01. The van der Waals surface area contributed by atoms with Gasteiger partial charge >= 0.3 is 5.69 Å². The van der Waals surface area contributed by atoms with Crippen LogP contribution in [-0.4, -0.2) is 36.1 Å². The maximum absolute atomic E-state index is 11.3. The van der Waals surface area contributed by atoms with Crippen LogP contribution in [0.15, 0.2) is 16.7 Å².